The Morgan fingerprint density at radius 3 is 2.42 bits per heavy atom. The molecule has 0 bridgehead atoms. The molecule has 104 valence electrons. The molecule has 1 aromatic rings. The zero-order valence-corrected chi connectivity index (χ0v) is 11.1. The van der Waals surface area contributed by atoms with Gasteiger partial charge in [0.05, 0.1) is 16.8 Å². The lowest BCUT2D eigenvalue weighted by Gasteiger charge is -2.25. The van der Waals surface area contributed by atoms with Gasteiger partial charge in [0.2, 0.25) is 0 Å². The molecule has 0 aliphatic rings. The summed E-state index contributed by atoms with van der Waals surface area (Å²) in [6.07, 6.45) is -5.10. The third-order valence-electron chi connectivity index (χ3n) is 2.67. The van der Waals surface area contributed by atoms with Gasteiger partial charge in [-0.1, -0.05) is 23.7 Å². The number of alkyl halides is 3. The zero-order valence-electron chi connectivity index (χ0n) is 10.4. The zero-order chi connectivity index (χ0) is 14.5. The van der Waals surface area contributed by atoms with Crippen LogP contribution in [0.4, 0.5) is 18.9 Å². The first-order valence-corrected chi connectivity index (χ1v) is 6.14. The van der Waals surface area contributed by atoms with Gasteiger partial charge in [0, 0.05) is 6.42 Å². The van der Waals surface area contributed by atoms with E-state index in [4.69, 9.17) is 16.9 Å². The van der Waals surface area contributed by atoms with Crippen LogP contribution in [0.2, 0.25) is 5.02 Å². The van der Waals surface area contributed by atoms with Crippen molar-refractivity contribution < 1.29 is 13.2 Å². The Kier molecular flexibility index (Phi) is 5.07. The van der Waals surface area contributed by atoms with Gasteiger partial charge in [0.15, 0.2) is 0 Å². The number of para-hydroxylation sites is 1. The van der Waals surface area contributed by atoms with E-state index in [-0.39, 0.29) is 12.8 Å². The SMILES string of the molecule is CC(C#N)(CCCC(F)(F)F)Nc1ccccc1Cl. The van der Waals surface area contributed by atoms with E-state index in [9.17, 15) is 13.2 Å². The van der Waals surface area contributed by atoms with Gasteiger partial charge < -0.3 is 5.32 Å². The van der Waals surface area contributed by atoms with Gasteiger partial charge in [-0.3, -0.25) is 0 Å². The van der Waals surface area contributed by atoms with Crippen molar-refractivity contribution in [2.24, 2.45) is 0 Å². The second-order valence-corrected chi connectivity index (χ2v) is 4.92. The number of benzene rings is 1. The van der Waals surface area contributed by atoms with Gasteiger partial charge in [-0.05, 0) is 31.9 Å². The van der Waals surface area contributed by atoms with E-state index in [2.05, 4.69) is 5.32 Å². The number of hydrogen-bond donors (Lipinski definition) is 1. The molecule has 6 heteroatoms. The number of hydrogen-bond acceptors (Lipinski definition) is 2. The molecule has 2 nitrogen and oxygen atoms in total. The van der Waals surface area contributed by atoms with E-state index in [0.29, 0.717) is 10.7 Å². The van der Waals surface area contributed by atoms with Crippen LogP contribution in [-0.2, 0) is 0 Å². The molecule has 0 radical (unpaired) electrons. The monoisotopic (exact) mass is 290 g/mol. The van der Waals surface area contributed by atoms with Gasteiger partial charge in [-0.25, -0.2) is 0 Å². The Hall–Kier alpha value is -1.41. The van der Waals surface area contributed by atoms with Gasteiger partial charge in [-0.15, -0.1) is 0 Å². The number of nitriles is 1. The molecule has 0 aliphatic carbocycles. The van der Waals surface area contributed by atoms with Crippen LogP contribution in [0.1, 0.15) is 26.2 Å². The summed E-state index contributed by atoms with van der Waals surface area (Å²) in [5.41, 5.74) is -0.531. The number of rotatable bonds is 5. The molecule has 0 heterocycles. The second kappa shape index (κ2) is 6.16. The van der Waals surface area contributed by atoms with Crippen LogP contribution in [0.3, 0.4) is 0 Å². The molecule has 0 spiro atoms. The average Bonchev–Trinajstić information content (AvgIpc) is 2.30. The number of halogens is 4. The molecule has 0 saturated heterocycles. The van der Waals surface area contributed by atoms with Crippen LogP contribution >= 0.6 is 11.6 Å². The van der Waals surface area contributed by atoms with Crippen LogP contribution in [0.5, 0.6) is 0 Å². The highest BCUT2D eigenvalue weighted by molar-refractivity contribution is 6.33. The molecule has 19 heavy (non-hydrogen) atoms. The van der Waals surface area contributed by atoms with E-state index < -0.39 is 18.1 Å². The molecule has 0 saturated carbocycles. The fourth-order valence-electron chi connectivity index (χ4n) is 1.65. The molecule has 0 fully saturated rings. The van der Waals surface area contributed by atoms with Crippen molar-refractivity contribution in [3.8, 4) is 6.07 Å². The third kappa shape index (κ3) is 5.39. The quantitative estimate of drug-likeness (QED) is 0.848. The fourth-order valence-corrected chi connectivity index (χ4v) is 1.83. The van der Waals surface area contributed by atoms with E-state index in [1.165, 1.54) is 0 Å². The maximum Gasteiger partial charge on any atom is 0.389 e. The predicted octanol–water partition coefficient (Wildman–Crippen LogP) is 4.77. The van der Waals surface area contributed by atoms with E-state index in [1.807, 2.05) is 6.07 Å². The molecular weight excluding hydrogens is 277 g/mol. The molecule has 0 amide bonds. The first-order valence-electron chi connectivity index (χ1n) is 5.76. The van der Waals surface area contributed by atoms with Crippen molar-refractivity contribution in [3.05, 3.63) is 29.3 Å². The van der Waals surface area contributed by atoms with E-state index in [1.54, 1.807) is 31.2 Å². The normalized spacial score (nSPS) is 14.5. The number of nitrogens with one attached hydrogen (secondary N) is 1. The van der Waals surface area contributed by atoms with Crippen molar-refractivity contribution >= 4 is 17.3 Å². The molecule has 0 aromatic heterocycles. The Morgan fingerprint density at radius 1 is 1.26 bits per heavy atom. The third-order valence-corrected chi connectivity index (χ3v) is 3.00. The van der Waals surface area contributed by atoms with Crippen molar-refractivity contribution in [1.82, 2.24) is 0 Å². The summed E-state index contributed by atoms with van der Waals surface area (Å²) in [5.74, 6) is 0. The lowest BCUT2D eigenvalue weighted by atomic mass is 9.96. The second-order valence-electron chi connectivity index (χ2n) is 4.52. The minimum Gasteiger partial charge on any atom is -0.366 e. The highest BCUT2D eigenvalue weighted by atomic mass is 35.5. The number of nitrogens with zero attached hydrogens (tertiary/aromatic N) is 1. The average molecular weight is 291 g/mol. The smallest absolute Gasteiger partial charge is 0.366 e. The highest BCUT2D eigenvalue weighted by Crippen LogP contribution is 2.29. The van der Waals surface area contributed by atoms with Crippen molar-refractivity contribution in [2.45, 2.75) is 37.9 Å². The Balaban J connectivity index is 2.66. The molecule has 1 aromatic carbocycles. The Morgan fingerprint density at radius 2 is 1.89 bits per heavy atom. The van der Waals surface area contributed by atoms with Crippen molar-refractivity contribution in [3.63, 3.8) is 0 Å². The molecule has 1 atom stereocenters. The first kappa shape index (κ1) is 15.6. The van der Waals surface area contributed by atoms with Crippen molar-refractivity contribution in [1.29, 1.82) is 5.26 Å². The Bertz CT molecular complexity index is 468. The van der Waals surface area contributed by atoms with Crippen molar-refractivity contribution in [2.75, 3.05) is 5.32 Å². The predicted molar refractivity (Wildman–Crippen MR) is 69.0 cm³/mol. The topological polar surface area (TPSA) is 35.8 Å². The summed E-state index contributed by atoms with van der Waals surface area (Å²) >= 11 is 5.94. The van der Waals surface area contributed by atoms with Crippen LogP contribution in [-0.4, -0.2) is 11.7 Å². The largest absolute Gasteiger partial charge is 0.389 e. The summed E-state index contributed by atoms with van der Waals surface area (Å²) in [5, 5.41) is 12.5. The van der Waals surface area contributed by atoms with Gasteiger partial charge >= 0.3 is 6.18 Å². The maximum atomic E-state index is 12.1. The summed E-state index contributed by atoms with van der Waals surface area (Å²) in [4.78, 5) is 0. The van der Waals surface area contributed by atoms with E-state index in [0.717, 1.165) is 0 Å². The molecule has 1 rings (SSSR count). The minimum atomic E-state index is -4.19. The Labute approximate surface area is 115 Å². The molecule has 1 unspecified atom stereocenters. The van der Waals surface area contributed by atoms with Crippen LogP contribution in [0, 0.1) is 11.3 Å². The summed E-state index contributed by atoms with van der Waals surface area (Å²) in [7, 11) is 0. The first-order chi connectivity index (χ1) is 8.76. The van der Waals surface area contributed by atoms with Crippen LogP contribution < -0.4 is 5.32 Å². The van der Waals surface area contributed by atoms with Crippen LogP contribution in [0.15, 0.2) is 24.3 Å². The van der Waals surface area contributed by atoms with Gasteiger partial charge in [0.1, 0.15) is 5.54 Å². The minimum absolute atomic E-state index is 0.0915. The summed E-state index contributed by atoms with van der Waals surface area (Å²) in [6, 6.07) is 8.81. The highest BCUT2D eigenvalue weighted by Gasteiger charge is 2.30. The molecular formula is C13H14ClF3N2. The van der Waals surface area contributed by atoms with Gasteiger partial charge in [-0.2, -0.15) is 18.4 Å². The summed E-state index contributed by atoms with van der Waals surface area (Å²) in [6.45, 7) is 1.56. The standard InChI is InChI=1S/C13H14ClF3N2/c1-12(9-18,7-4-8-13(15,16)17)19-11-6-3-2-5-10(11)14/h2-3,5-6,19H,4,7-8H2,1H3. The molecule has 0 aliphatic heterocycles. The van der Waals surface area contributed by atoms with Gasteiger partial charge in [0.25, 0.3) is 0 Å². The lowest BCUT2D eigenvalue weighted by Crippen LogP contribution is -2.33. The molecule has 1 N–H and O–H groups in total. The number of anilines is 1. The maximum absolute atomic E-state index is 12.1. The summed E-state index contributed by atoms with van der Waals surface area (Å²) < 4.78 is 36.3. The van der Waals surface area contributed by atoms with Crippen LogP contribution in [0.25, 0.3) is 0 Å². The van der Waals surface area contributed by atoms with E-state index >= 15 is 0 Å². The fraction of sp³-hybridized carbons (Fsp3) is 0.462. The lowest BCUT2D eigenvalue weighted by molar-refractivity contribution is -0.135.